The standard InChI is InChI=1S/C24H22N6O/c31-24(29-14-18-6-7-19(15-29)27-18)17-8-10-25-22(12-17)20-13-26-30-11-9-21(28-23(20)30)16-4-2-1-3-5-16/h1-5,8-13,18-19,27H,6-7,14-15H2. The van der Waals surface area contributed by atoms with Crippen LogP contribution in [0.5, 0.6) is 0 Å². The number of nitrogens with zero attached hydrogens (tertiary/aromatic N) is 5. The van der Waals surface area contributed by atoms with Gasteiger partial charge in [0.25, 0.3) is 5.91 Å². The van der Waals surface area contributed by atoms with Crippen LogP contribution < -0.4 is 5.32 Å². The Hall–Kier alpha value is -3.58. The number of piperazine rings is 1. The third kappa shape index (κ3) is 3.27. The second kappa shape index (κ2) is 7.28. The van der Waals surface area contributed by atoms with Crippen LogP contribution in [0.25, 0.3) is 28.2 Å². The lowest BCUT2D eigenvalue weighted by atomic mass is 10.1. The minimum atomic E-state index is 0.0662. The fraction of sp³-hybridized carbons (Fsp3) is 0.250. The van der Waals surface area contributed by atoms with E-state index < -0.39 is 0 Å². The average Bonchev–Trinajstić information content (AvgIpc) is 3.41. The van der Waals surface area contributed by atoms with Crippen molar-refractivity contribution in [2.45, 2.75) is 24.9 Å². The molecule has 2 saturated heterocycles. The first-order valence-corrected chi connectivity index (χ1v) is 10.7. The number of benzene rings is 1. The van der Waals surface area contributed by atoms with Gasteiger partial charge in [0, 0.05) is 48.7 Å². The van der Waals surface area contributed by atoms with Crippen LogP contribution in [0.4, 0.5) is 0 Å². The lowest BCUT2D eigenvalue weighted by molar-refractivity contribution is 0.0697. The molecule has 5 heterocycles. The van der Waals surface area contributed by atoms with Gasteiger partial charge in [-0.3, -0.25) is 9.78 Å². The van der Waals surface area contributed by atoms with Gasteiger partial charge in [-0.1, -0.05) is 30.3 Å². The Labute approximate surface area is 179 Å². The van der Waals surface area contributed by atoms with Crippen molar-refractivity contribution in [2.75, 3.05) is 13.1 Å². The van der Waals surface area contributed by atoms with E-state index in [1.165, 1.54) is 0 Å². The summed E-state index contributed by atoms with van der Waals surface area (Å²) in [6, 6.07) is 16.5. The van der Waals surface area contributed by atoms with E-state index in [1.54, 1.807) is 23.0 Å². The van der Waals surface area contributed by atoms with Gasteiger partial charge in [-0.15, -0.1) is 0 Å². The molecule has 3 aromatic heterocycles. The SMILES string of the molecule is O=C(c1ccnc(-c2cnn3ccc(-c4ccccc4)nc23)c1)N1CC2CCC(C1)N2. The Morgan fingerprint density at radius 3 is 2.61 bits per heavy atom. The minimum absolute atomic E-state index is 0.0662. The Morgan fingerprint density at radius 1 is 1.00 bits per heavy atom. The van der Waals surface area contributed by atoms with Crippen LogP contribution in [0.15, 0.2) is 67.1 Å². The van der Waals surface area contributed by atoms with E-state index >= 15 is 0 Å². The van der Waals surface area contributed by atoms with E-state index in [-0.39, 0.29) is 5.91 Å². The molecule has 6 rings (SSSR count). The molecule has 2 aliphatic heterocycles. The van der Waals surface area contributed by atoms with Crippen LogP contribution in [-0.4, -0.2) is 55.6 Å². The first-order chi connectivity index (χ1) is 15.2. The molecule has 0 aliphatic carbocycles. The molecule has 0 spiro atoms. The number of likely N-dealkylation sites (tertiary alicyclic amines) is 1. The second-order valence-corrected chi connectivity index (χ2v) is 8.28. The molecule has 2 atom stereocenters. The molecule has 1 amide bonds. The zero-order chi connectivity index (χ0) is 20.8. The predicted octanol–water partition coefficient (Wildman–Crippen LogP) is 3.03. The fourth-order valence-electron chi connectivity index (χ4n) is 4.68. The number of pyridine rings is 1. The predicted molar refractivity (Wildman–Crippen MR) is 118 cm³/mol. The van der Waals surface area contributed by atoms with Gasteiger partial charge in [0.05, 0.1) is 23.1 Å². The van der Waals surface area contributed by atoms with Crippen LogP contribution in [0.2, 0.25) is 0 Å². The number of hydrogen-bond donors (Lipinski definition) is 1. The Bertz CT molecular complexity index is 1260. The number of amides is 1. The number of hydrogen-bond acceptors (Lipinski definition) is 5. The number of rotatable bonds is 3. The molecule has 31 heavy (non-hydrogen) atoms. The van der Waals surface area contributed by atoms with Crippen LogP contribution in [0.1, 0.15) is 23.2 Å². The zero-order valence-corrected chi connectivity index (χ0v) is 17.0. The minimum Gasteiger partial charge on any atom is -0.336 e. The van der Waals surface area contributed by atoms with Gasteiger partial charge in [0.15, 0.2) is 5.65 Å². The number of nitrogens with one attached hydrogen (secondary N) is 1. The molecular weight excluding hydrogens is 388 g/mol. The first-order valence-electron chi connectivity index (χ1n) is 10.7. The quantitative estimate of drug-likeness (QED) is 0.562. The van der Waals surface area contributed by atoms with Crippen LogP contribution in [0, 0.1) is 0 Å². The fourth-order valence-corrected chi connectivity index (χ4v) is 4.68. The summed E-state index contributed by atoms with van der Waals surface area (Å²) in [6.07, 6.45) is 7.66. The normalized spacial score (nSPS) is 20.3. The number of carbonyl (C=O) groups excluding carboxylic acids is 1. The largest absolute Gasteiger partial charge is 0.336 e. The van der Waals surface area contributed by atoms with Crippen LogP contribution >= 0.6 is 0 Å². The van der Waals surface area contributed by atoms with Crippen molar-refractivity contribution in [1.29, 1.82) is 0 Å². The number of aromatic nitrogens is 4. The highest BCUT2D eigenvalue weighted by atomic mass is 16.2. The molecular formula is C24H22N6O. The summed E-state index contributed by atoms with van der Waals surface area (Å²) in [5, 5.41) is 8.01. The van der Waals surface area contributed by atoms with Gasteiger partial charge in [-0.25, -0.2) is 9.50 Å². The molecule has 154 valence electrons. The third-order valence-corrected chi connectivity index (χ3v) is 6.23. The highest BCUT2D eigenvalue weighted by Gasteiger charge is 2.34. The molecule has 2 fully saturated rings. The molecule has 7 nitrogen and oxygen atoms in total. The highest BCUT2D eigenvalue weighted by Crippen LogP contribution is 2.26. The van der Waals surface area contributed by atoms with Gasteiger partial charge in [-0.2, -0.15) is 5.10 Å². The molecule has 2 unspecified atom stereocenters. The third-order valence-electron chi connectivity index (χ3n) is 6.23. The zero-order valence-electron chi connectivity index (χ0n) is 17.0. The van der Waals surface area contributed by atoms with E-state index in [9.17, 15) is 4.79 Å². The molecule has 0 saturated carbocycles. The maximum absolute atomic E-state index is 13.2. The van der Waals surface area contributed by atoms with Crippen LogP contribution in [-0.2, 0) is 0 Å². The van der Waals surface area contributed by atoms with Gasteiger partial charge in [0.2, 0.25) is 0 Å². The molecule has 1 N–H and O–H groups in total. The monoisotopic (exact) mass is 410 g/mol. The van der Waals surface area contributed by atoms with Gasteiger partial charge in [0.1, 0.15) is 0 Å². The average molecular weight is 410 g/mol. The van der Waals surface area contributed by atoms with E-state index in [2.05, 4.69) is 15.4 Å². The van der Waals surface area contributed by atoms with Crippen molar-refractivity contribution >= 4 is 11.6 Å². The second-order valence-electron chi connectivity index (χ2n) is 8.28. The first kappa shape index (κ1) is 18.2. The Morgan fingerprint density at radius 2 is 1.81 bits per heavy atom. The maximum atomic E-state index is 13.2. The van der Waals surface area contributed by atoms with Crippen LogP contribution in [0.3, 0.4) is 0 Å². The van der Waals surface area contributed by atoms with Gasteiger partial charge >= 0.3 is 0 Å². The van der Waals surface area contributed by atoms with Crippen molar-refractivity contribution in [2.24, 2.45) is 0 Å². The molecule has 2 aliphatic rings. The van der Waals surface area contributed by atoms with Crippen molar-refractivity contribution < 1.29 is 4.79 Å². The lowest BCUT2D eigenvalue weighted by Crippen LogP contribution is -2.53. The highest BCUT2D eigenvalue weighted by molar-refractivity contribution is 5.95. The van der Waals surface area contributed by atoms with Crippen molar-refractivity contribution in [3.8, 4) is 22.5 Å². The Kier molecular flexibility index (Phi) is 4.28. The molecule has 4 aromatic rings. The maximum Gasteiger partial charge on any atom is 0.254 e. The van der Waals surface area contributed by atoms with Gasteiger partial charge in [-0.05, 0) is 31.0 Å². The smallest absolute Gasteiger partial charge is 0.254 e. The summed E-state index contributed by atoms with van der Waals surface area (Å²) < 4.78 is 1.74. The molecule has 7 heteroatoms. The summed E-state index contributed by atoms with van der Waals surface area (Å²) in [6.45, 7) is 1.54. The van der Waals surface area contributed by atoms with E-state index in [4.69, 9.17) is 4.98 Å². The molecule has 2 bridgehead atoms. The van der Waals surface area contributed by atoms with Crippen molar-refractivity contribution in [1.82, 2.24) is 29.8 Å². The number of fused-ring (bicyclic) bond motifs is 3. The van der Waals surface area contributed by atoms with Crippen molar-refractivity contribution in [3.05, 3.63) is 72.7 Å². The summed E-state index contributed by atoms with van der Waals surface area (Å²) in [5.74, 6) is 0.0662. The topological polar surface area (TPSA) is 75.4 Å². The summed E-state index contributed by atoms with van der Waals surface area (Å²) in [5.41, 5.74) is 4.81. The molecule has 0 radical (unpaired) electrons. The van der Waals surface area contributed by atoms with E-state index in [1.807, 2.05) is 53.6 Å². The lowest BCUT2D eigenvalue weighted by Gasteiger charge is -2.33. The Balaban J connectivity index is 1.35. The summed E-state index contributed by atoms with van der Waals surface area (Å²) in [4.78, 5) is 24.5. The summed E-state index contributed by atoms with van der Waals surface area (Å²) >= 11 is 0. The van der Waals surface area contributed by atoms with E-state index in [0.29, 0.717) is 23.3 Å². The number of carbonyl (C=O) groups is 1. The van der Waals surface area contributed by atoms with E-state index in [0.717, 1.165) is 48.4 Å². The molecule has 1 aromatic carbocycles. The summed E-state index contributed by atoms with van der Waals surface area (Å²) in [7, 11) is 0. The van der Waals surface area contributed by atoms with Crippen molar-refractivity contribution in [3.63, 3.8) is 0 Å². The van der Waals surface area contributed by atoms with Gasteiger partial charge < -0.3 is 10.2 Å².